The lowest BCUT2D eigenvalue weighted by molar-refractivity contribution is -0.161. The number of ether oxygens (including phenoxy) is 2. The van der Waals surface area contributed by atoms with Crippen molar-refractivity contribution < 1.29 is 24.2 Å². The van der Waals surface area contributed by atoms with E-state index in [0.29, 0.717) is 12.8 Å². The number of hydrogen-bond acceptors (Lipinski definition) is 5. The molecule has 0 fully saturated rings. The molecule has 0 spiro atoms. The third-order valence-electron chi connectivity index (χ3n) is 14.2. The minimum Gasteiger partial charge on any atom is -0.462 e. The molecule has 1 N–H and O–H groups in total. The summed E-state index contributed by atoms with van der Waals surface area (Å²) in [6, 6.07) is 0. The lowest BCUT2D eigenvalue weighted by Crippen LogP contribution is -2.28. The molecule has 0 radical (unpaired) electrons. The molecule has 0 aromatic rings. The first-order chi connectivity index (χ1) is 33.6. The zero-order valence-corrected chi connectivity index (χ0v) is 46.2. The molecule has 1 atom stereocenters. The van der Waals surface area contributed by atoms with Gasteiger partial charge in [0.15, 0.2) is 6.10 Å². The summed E-state index contributed by atoms with van der Waals surface area (Å²) in [6.07, 6.45) is 76.1. The topological polar surface area (TPSA) is 72.8 Å². The van der Waals surface area contributed by atoms with Crippen molar-refractivity contribution in [3.63, 3.8) is 0 Å². The molecule has 0 bridgehead atoms. The highest BCUT2D eigenvalue weighted by atomic mass is 16.6. The Balaban J connectivity index is 3.38. The average molecular weight is 958 g/mol. The molecule has 402 valence electrons. The van der Waals surface area contributed by atoms with Crippen molar-refractivity contribution in [3.8, 4) is 0 Å². The summed E-state index contributed by atoms with van der Waals surface area (Å²) in [6.45, 7) is 4.19. The van der Waals surface area contributed by atoms with Crippen molar-refractivity contribution in [2.75, 3.05) is 13.2 Å². The van der Waals surface area contributed by atoms with Crippen LogP contribution in [0, 0.1) is 0 Å². The van der Waals surface area contributed by atoms with Gasteiger partial charge in [-0.25, -0.2) is 0 Å². The predicted octanol–water partition coefficient (Wildman–Crippen LogP) is 20.9. The van der Waals surface area contributed by atoms with E-state index in [1.165, 1.54) is 283 Å². The monoisotopic (exact) mass is 957 g/mol. The van der Waals surface area contributed by atoms with E-state index < -0.39 is 6.10 Å². The molecule has 68 heavy (non-hydrogen) atoms. The van der Waals surface area contributed by atoms with Crippen LogP contribution in [-0.2, 0) is 19.1 Å². The third kappa shape index (κ3) is 57.0. The second kappa shape index (κ2) is 59.7. The zero-order chi connectivity index (χ0) is 49.2. The second-order valence-corrected chi connectivity index (χ2v) is 21.1. The Bertz CT molecular complexity index is 1040. The van der Waals surface area contributed by atoms with Crippen LogP contribution in [0.2, 0.25) is 0 Å². The summed E-state index contributed by atoms with van der Waals surface area (Å²) in [4.78, 5) is 24.5. The molecule has 0 aliphatic heterocycles. The van der Waals surface area contributed by atoms with E-state index in [2.05, 4.69) is 38.2 Å². The van der Waals surface area contributed by atoms with Crippen LogP contribution >= 0.6 is 0 Å². The van der Waals surface area contributed by atoms with E-state index >= 15 is 0 Å². The maximum absolute atomic E-state index is 12.3. The summed E-state index contributed by atoms with van der Waals surface area (Å²) in [5.41, 5.74) is 0. The van der Waals surface area contributed by atoms with Crippen LogP contribution in [0.25, 0.3) is 0 Å². The van der Waals surface area contributed by atoms with Gasteiger partial charge in [0.25, 0.3) is 0 Å². The van der Waals surface area contributed by atoms with Gasteiger partial charge in [-0.15, -0.1) is 0 Å². The summed E-state index contributed by atoms with van der Waals surface area (Å²) in [7, 11) is 0. The van der Waals surface area contributed by atoms with Crippen LogP contribution in [0.5, 0.6) is 0 Å². The van der Waals surface area contributed by atoms with E-state index in [9.17, 15) is 14.7 Å². The normalized spacial score (nSPS) is 12.2. The van der Waals surface area contributed by atoms with E-state index in [1.807, 2.05) is 0 Å². The van der Waals surface area contributed by atoms with Crippen molar-refractivity contribution in [2.24, 2.45) is 0 Å². The van der Waals surface area contributed by atoms with Gasteiger partial charge in [0.05, 0.1) is 6.61 Å². The highest BCUT2D eigenvalue weighted by molar-refractivity contribution is 5.70. The van der Waals surface area contributed by atoms with Gasteiger partial charge >= 0.3 is 11.9 Å². The highest BCUT2D eigenvalue weighted by Crippen LogP contribution is 2.18. The number of esters is 2. The number of carbonyl (C=O) groups is 2. The maximum atomic E-state index is 12.3. The van der Waals surface area contributed by atoms with Crippen molar-refractivity contribution in [1.29, 1.82) is 0 Å². The lowest BCUT2D eigenvalue weighted by atomic mass is 10.0. The number of aliphatic hydroxyl groups excluding tert-OH is 1. The molecule has 0 rings (SSSR count). The maximum Gasteiger partial charge on any atom is 0.306 e. The Morgan fingerprint density at radius 2 is 0.588 bits per heavy atom. The van der Waals surface area contributed by atoms with Crippen molar-refractivity contribution >= 4 is 11.9 Å². The van der Waals surface area contributed by atoms with E-state index in [0.717, 1.165) is 38.5 Å². The Labute approximate surface area is 425 Å². The molecule has 0 saturated carbocycles. The quantitative estimate of drug-likeness (QED) is 0.0374. The van der Waals surface area contributed by atoms with Gasteiger partial charge in [0.1, 0.15) is 6.61 Å². The van der Waals surface area contributed by atoms with Gasteiger partial charge in [-0.3, -0.25) is 9.59 Å². The fourth-order valence-electron chi connectivity index (χ4n) is 9.59. The van der Waals surface area contributed by atoms with Crippen LogP contribution < -0.4 is 0 Å². The molecule has 0 aromatic carbocycles. The van der Waals surface area contributed by atoms with Gasteiger partial charge in [0, 0.05) is 12.8 Å². The summed E-state index contributed by atoms with van der Waals surface area (Å²) in [5, 5.41) is 9.66. The van der Waals surface area contributed by atoms with Crippen LogP contribution in [0.3, 0.4) is 0 Å². The summed E-state index contributed by atoms with van der Waals surface area (Å²) < 4.78 is 10.7. The highest BCUT2D eigenvalue weighted by Gasteiger charge is 2.16. The van der Waals surface area contributed by atoms with Gasteiger partial charge in [-0.1, -0.05) is 314 Å². The van der Waals surface area contributed by atoms with E-state index in [1.54, 1.807) is 0 Å². The Kier molecular flexibility index (Phi) is 58.3. The molecular formula is C63H120O5. The number of carbonyl (C=O) groups excluding carboxylic acids is 2. The van der Waals surface area contributed by atoms with Crippen LogP contribution in [0.15, 0.2) is 24.3 Å². The first-order valence-corrected chi connectivity index (χ1v) is 30.9. The molecule has 0 heterocycles. The molecule has 0 aliphatic rings. The Hall–Kier alpha value is -1.62. The smallest absolute Gasteiger partial charge is 0.306 e. The van der Waals surface area contributed by atoms with E-state index in [4.69, 9.17) is 9.47 Å². The Morgan fingerprint density at radius 1 is 0.338 bits per heavy atom. The van der Waals surface area contributed by atoms with Gasteiger partial charge in [-0.2, -0.15) is 0 Å². The minimum absolute atomic E-state index is 0.0576. The molecule has 5 heteroatoms. The first-order valence-electron chi connectivity index (χ1n) is 30.9. The summed E-state index contributed by atoms with van der Waals surface area (Å²) in [5.74, 6) is -0.566. The Morgan fingerprint density at radius 3 is 0.868 bits per heavy atom. The largest absolute Gasteiger partial charge is 0.462 e. The van der Waals surface area contributed by atoms with Crippen LogP contribution in [0.1, 0.15) is 348 Å². The fourth-order valence-corrected chi connectivity index (χ4v) is 9.59. The predicted molar refractivity (Wildman–Crippen MR) is 298 cm³/mol. The number of hydrogen-bond donors (Lipinski definition) is 1. The zero-order valence-electron chi connectivity index (χ0n) is 46.2. The molecule has 0 aliphatic carbocycles. The molecule has 0 saturated heterocycles. The van der Waals surface area contributed by atoms with Crippen molar-refractivity contribution in [2.45, 2.75) is 354 Å². The van der Waals surface area contributed by atoms with Crippen molar-refractivity contribution in [3.05, 3.63) is 24.3 Å². The molecule has 1 unspecified atom stereocenters. The van der Waals surface area contributed by atoms with Crippen LogP contribution in [0.4, 0.5) is 0 Å². The number of rotatable bonds is 58. The standard InChI is InChI=1S/C63H120O5/c1-3-5-7-9-11-13-15-17-19-21-23-24-25-26-27-28-29-30-31-32-33-34-35-36-37-38-40-42-44-46-48-50-52-54-56-58-63(66)68-61(59-64)60-67-62(65)57-55-53-51-49-47-45-43-41-39-22-20-18-16-14-12-10-8-6-4-2/h15,17,21,23,61,64H,3-14,16,18-20,22,24-60H2,1-2H3/b17-15-,23-21-. The number of aliphatic hydroxyl groups is 1. The average Bonchev–Trinajstić information content (AvgIpc) is 3.34. The molecule has 0 amide bonds. The second-order valence-electron chi connectivity index (χ2n) is 21.1. The number of unbranched alkanes of at least 4 members (excludes halogenated alkanes) is 46. The van der Waals surface area contributed by atoms with Gasteiger partial charge in [0.2, 0.25) is 0 Å². The lowest BCUT2D eigenvalue weighted by Gasteiger charge is -2.15. The van der Waals surface area contributed by atoms with Crippen LogP contribution in [-0.4, -0.2) is 36.4 Å². The SMILES string of the molecule is CCCCCCC/C=C\C/C=C\CCCCCCCCCCCCCCCCCCCCCCCCCC(=O)OC(CO)COC(=O)CCCCCCCCCCCCCCCCCCCCC. The molecular weight excluding hydrogens is 837 g/mol. The van der Waals surface area contributed by atoms with Gasteiger partial charge in [-0.05, 0) is 44.9 Å². The number of allylic oxidation sites excluding steroid dienone is 4. The van der Waals surface area contributed by atoms with Crippen molar-refractivity contribution in [1.82, 2.24) is 0 Å². The minimum atomic E-state index is -0.766. The summed E-state index contributed by atoms with van der Waals surface area (Å²) >= 11 is 0. The third-order valence-corrected chi connectivity index (χ3v) is 14.2. The molecule has 5 nitrogen and oxygen atoms in total. The van der Waals surface area contributed by atoms with E-state index in [-0.39, 0.29) is 25.2 Å². The first kappa shape index (κ1) is 66.4. The van der Waals surface area contributed by atoms with Gasteiger partial charge < -0.3 is 14.6 Å². The fraction of sp³-hybridized carbons (Fsp3) is 0.905. The molecule has 0 aromatic heterocycles.